The second-order valence-electron chi connectivity index (χ2n) is 5.36. The highest BCUT2D eigenvalue weighted by atomic mass is 79.9. The number of fused-ring (bicyclic) bond motifs is 1. The fraction of sp³-hybridized carbons (Fsp3) is 0. The number of hydrogen-bond acceptors (Lipinski definition) is 2. The molecule has 0 amide bonds. The number of nitrogen functional groups attached to an aromatic ring is 1. The number of para-hydroxylation sites is 2. The van der Waals surface area contributed by atoms with Gasteiger partial charge in [-0.1, -0.05) is 40.2 Å². The first-order valence-corrected chi connectivity index (χ1v) is 8.11. The minimum atomic E-state index is 0.733. The molecule has 112 valence electrons. The van der Waals surface area contributed by atoms with E-state index >= 15 is 0 Å². The van der Waals surface area contributed by atoms with Crippen molar-refractivity contribution in [3.8, 4) is 17.1 Å². The van der Waals surface area contributed by atoms with Gasteiger partial charge in [0.15, 0.2) is 0 Å². The Balaban J connectivity index is 2.04. The van der Waals surface area contributed by atoms with Crippen molar-refractivity contribution in [2.75, 3.05) is 5.73 Å². The molecule has 0 aliphatic carbocycles. The van der Waals surface area contributed by atoms with Crippen LogP contribution in [0.3, 0.4) is 0 Å². The first kappa shape index (κ1) is 14.0. The van der Waals surface area contributed by atoms with E-state index in [9.17, 15) is 0 Å². The summed E-state index contributed by atoms with van der Waals surface area (Å²) in [7, 11) is 0. The molecule has 1 heterocycles. The number of nitrogens with zero attached hydrogens (tertiary/aromatic N) is 2. The van der Waals surface area contributed by atoms with Crippen LogP contribution < -0.4 is 5.73 Å². The number of rotatable bonds is 2. The fourth-order valence-corrected chi connectivity index (χ4v) is 3.01. The van der Waals surface area contributed by atoms with Crippen LogP contribution in [0.15, 0.2) is 77.3 Å². The normalized spacial score (nSPS) is 11.0. The summed E-state index contributed by atoms with van der Waals surface area (Å²) >= 11 is 3.49. The number of hydrogen-bond donors (Lipinski definition) is 1. The summed E-state index contributed by atoms with van der Waals surface area (Å²) in [5, 5.41) is 0. The van der Waals surface area contributed by atoms with Crippen LogP contribution in [0.25, 0.3) is 28.1 Å². The molecule has 0 radical (unpaired) electrons. The molecular weight excluding hydrogens is 350 g/mol. The van der Waals surface area contributed by atoms with Crippen molar-refractivity contribution in [3.05, 3.63) is 77.3 Å². The van der Waals surface area contributed by atoms with Crippen LogP contribution in [-0.4, -0.2) is 9.55 Å². The molecule has 23 heavy (non-hydrogen) atoms. The Morgan fingerprint density at radius 3 is 2.43 bits per heavy atom. The number of anilines is 1. The summed E-state index contributed by atoms with van der Waals surface area (Å²) in [4.78, 5) is 4.82. The van der Waals surface area contributed by atoms with Gasteiger partial charge in [-0.05, 0) is 48.5 Å². The molecule has 4 aromatic rings. The van der Waals surface area contributed by atoms with Gasteiger partial charge in [0.1, 0.15) is 5.82 Å². The molecule has 0 spiro atoms. The maximum Gasteiger partial charge on any atom is 0.145 e. The van der Waals surface area contributed by atoms with Crippen LogP contribution in [0, 0.1) is 0 Å². The second kappa shape index (κ2) is 5.56. The number of halogens is 1. The molecule has 4 heteroatoms. The maximum atomic E-state index is 5.96. The lowest BCUT2D eigenvalue weighted by atomic mass is 10.2. The quantitative estimate of drug-likeness (QED) is 0.507. The van der Waals surface area contributed by atoms with Gasteiger partial charge in [0.2, 0.25) is 0 Å². The van der Waals surface area contributed by atoms with Crippen LogP contribution >= 0.6 is 15.9 Å². The highest BCUT2D eigenvalue weighted by Crippen LogP contribution is 2.29. The molecular formula is C19H14BrN3. The van der Waals surface area contributed by atoms with Gasteiger partial charge >= 0.3 is 0 Å². The molecule has 3 aromatic carbocycles. The monoisotopic (exact) mass is 363 g/mol. The lowest BCUT2D eigenvalue weighted by molar-refractivity contribution is 1.10. The van der Waals surface area contributed by atoms with Crippen LogP contribution in [0.2, 0.25) is 0 Å². The van der Waals surface area contributed by atoms with Crippen molar-refractivity contribution in [3.63, 3.8) is 0 Å². The van der Waals surface area contributed by atoms with E-state index in [1.807, 2.05) is 54.6 Å². The van der Waals surface area contributed by atoms with Crippen LogP contribution in [0.4, 0.5) is 5.69 Å². The maximum absolute atomic E-state index is 5.96. The second-order valence-corrected chi connectivity index (χ2v) is 6.28. The van der Waals surface area contributed by atoms with Gasteiger partial charge in [0, 0.05) is 21.4 Å². The molecule has 1 aromatic heterocycles. The summed E-state index contributed by atoms with van der Waals surface area (Å²) in [6.45, 7) is 0. The molecule has 4 rings (SSSR count). The molecule has 0 aliphatic heterocycles. The van der Waals surface area contributed by atoms with Gasteiger partial charge in [0.25, 0.3) is 0 Å². The SMILES string of the molecule is Nc1cccc(-c2nc3ccccc3n2-c2ccc(Br)cc2)c1. The number of nitrogens with two attached hydrogens (primary N) is 1. The van der Waals surface area contributed by atoms with Gasteiger partial charge in [0.05, 0.1) is 11.0 Å². The van der Waals surface area contributed by atoms with Crippen LogP contribution in [0.1, 0.15) is 0 Å². The van der Waals surface area contributed by atoms with E-state index < -0.39 is 0 Å². The average molecular weight is 364 g/mol. The van der Waals surface area contributed by atoms with Crippen molar-refractivity contribution >= 4 is 32.7 Å². The zero-order valence-electron chi connectivity index (χ0n) is 12.3. The number of aromatic nitrogens is 2. The van der Waals surface area contributed by atoms with Crippen molar-refractivity contribution < 1.29 is 0 Å². The minimum absolute atomic E-state index is 0.733. The van der Waals surface area contributed by atoms with Crippen LogP contribution in [-0.2, 0) is 0 Å². The lowest BCUT2D eigenvalue weighted by Gasteiger charge is -2.10. The van der Waals surface area contributed by atoms with E-state index in [1.54, 1.807) is 0 Å². The first-order valence-electron chi connectivity index (χ1n) is 7.32. The molecule has 2 N–H and O–H groups in total. The predicted octanol–water partition coefficient (Wildman–Crippen LogP) is 5.04. The third kappa shape index (κ3) is 2.51. The zero-order chi connectivity index (χ0) is 15.8. The van der Waals surface area contributed by atoms with E-state index in [2.05, 4.69) is 38.7 Å². The summed E-state index contributed by atoms with van der Waals surface area (Å²) in [6, 6.07) is 24.2. The predicted molar refractivity (Wildman–Crippen MR) is 98.6 cm³/mol. The number of benzene rings is 3. The van der Waals surface area contributed by atoms with Crippen molar-refractivity contribution in [2.24, 2.45) is 0 Å². The molecule has 0 atom stereocenters. The highest BCUT2D eigenvalue weighted by molar-refractivity contribution is 9.10. The largest absolute Gasteiger partial charge is 0.399 e. The lowest BCUT2D eigenvalue weighted by Crippen LogP contribution is -1.98. The van der Waals surface area contributed by atoms with Gasteiger partial charge in [-0.25, -0.2) is 4.98 Å². The Labute approximate surface area is 142 Å². The standard InChI is InChI=1S/C19H14BrN3/c20-14-8-10-16(11-9-14)23-18-7-2-1-6-17(18)22-19(23)13-4-3-5-15(21)12-13/h1-12H,21H2. The Morgan fingerprint density at radius 2 is 1.65 bits per heavy atom. The van der Waals surface area contributed by atoms with Crippen molar-refractivity contribution in [1.29, 1.82) is 0 Å². The molecule has 0 bridgehead atoms. The molecule has 0 aliphatic rings. The first-order chi connectivity index (χ1) is 11.2. The van der Waals surface area contributed by atoms with Gasteiger partial charge in [-0.3, -0.25) is 4.57 Å². The van der Waals surface area contributed by atoms with E-state index in [1.165, 1.54) is 0 Å². The summed E-state index contributed by atoms with van der Waals surface area (Å²) in [5.41, 5.74) is 10.8. The molecule has 0 fully saturated rings. The Kier molecular flexibility index (Phi) is 3.39. The van der Waals surface area contributed by atoms with Gasteiger partial charge in [-0.15, -0.1) is 0 Å². The Hall–Kier alpha value is -2.59. The third-order valence-electron chi connectivity index (χ3n) is 3.79. The summed E-state index contributed by atoms with van der Waals surface area (Å²) in [6.07, 6.45) is 0. The molecule has 0 saturated carbocycles. The Bertz CT molecular complexity index is 987. The highest BCUT2D eigenvalue weighted by Gasteiger charge is 2.14. The molecule has 3 nitrogen and oxygen atoms in total. The average Bonchev–Trinajstić information content (AvgIpc) is 2.95. The van der Waals surface area contributed by atoms with Gasteiger partial charge in [-0.2, -0.15) is 0 Å². The smallest absolute Gasteiger partial charge is 0.145 e. The van der Waals surface area contributed by atoms with Gasteiger partial charge < -0.3 is 5.73 Å². The van der Waals surface area contributed by atoms with E-state index in [0.717, 1.165) is 38.3 Å². The Morgan fingerprint density at radius 1 is 0.870 bits per heavy atom. The third-order valence-corrected chi connectivity index (χ3v) is 4.32. The zero-order valence-corrected chi connectivity index (χ0v) is 13.9. The number of imidazole rings is 1. The van der Waals surface area contributed by atoms with E-state index in [4.69, 9.17) is 10.7 Å². The van der Waals surface area contributed by atoms with Crippen molar-refractivity contribution in [2.45, 2.75) is 0 Å². The fourth-order valence-electron chi connectivity index (χ4n) is 2.75. The summed E-state index contributed by atoms with van der Waals surface area (Å²) in [5.74, 6) is 0.890. The topological polar surface area (TPSA) is 43.8 Å². The van der Waals surface area contributed by atoms with Crippen LogP contribution in [0.5, 0.6) is 0 Å². The van der Waals surface area contributed by atoms with Crippen molar-refractivity contribution in [1.82, 2.24) is 9.55 Å². The molecule has 0 saturated heterocycles. The van der Waals surface area contributed by atoms with E-state index in [-0.39, 0.29) is 0 Å². The molecule has 0 unspecified atom stereocenters. The minimum Gasteiger partial charge on any atom is -0.399 e. The summed E-state index contributed by atoms with van der Waals surface area (Å²) < 4.78 is 3.22. The van der Waals surface area contributed by atoms with E-state index in [0.29, 0.717) is 0 Å².